The fourth-order valence-corrected chi connectivity index (χ4v) is 1.27. The van der Waals surface area contributed by atoms with Crippen LogP contribution in [-0.2, 0) is 14.3 Å². The number of rotatable bonds is 2. The zero-order valence-corrected chi connectivity index (χ0v) is 11.5. The Morgan fingerprint density at radius 2 is 1.94 bits per heavy atom. The molecule has 0 N–H and O–H groups in total. The summed E-state index contributed by atoms with van der Waals surface area (Å²) >= 11 is 0. The first-order valence-electron chi connectivity index (χ1n) is 5.17. The van der Waals surface area contributed by atoms with E-state index >= 15 is 0 Å². The van der Waals surface area contributed by atoms with Gasteiger partial charge in [-0.25, -0.2) is 0 Å². The monoisotopic (exact) mass is 238 g/mol. The molecule has 0 aromatic heterocycles. The average Bonchev–Trinajstić information content (AvgIpc) is 2.12. The molecule has 0 bridgehead atoms. The van der Waals surface area contributed by atoms with E-state index in [9.17, 15) is 4.79 Å². The Labute approximate surface area is 98.5 Å². The van der Waals surface area contributed by atoms with Crippen LogP contribution in [0, 0.1) is 23.5 Å². The highest BCUT2D eigenvalue weighted by molar-refractivity contribution is 6.83. The fourth-order valence-electron chi connectivity index (χ4n) is 0.710. The first kappa shape index (κ1) is 14.6. The summed E-state index contributed by atoms with van der Waals surface area (Å²) in [6.07, 6.45) is 1.78. The molecular formula is C12H18O3Si. The Morgan fingerprint density at radius 1 is 1.31 bits per heavy atom. The van der Waals surface area contributed by atoms with Crippen molar-refractivity contribution in [2.45, 2.75) is 39.6 Å². The second-order valence-corrected chi connectivity index (χ2v) is 8.94. The van der Waals surface area contributed by atoms with Gasteiger partial charge in [0.05, 0.1) is 6.61 Å². The third kappa shape index (κ3) is 9.17. The molecule has 0 aromatic carbocycles. The number of esters is 1. The van der Waals surface area contributed by atoms with Gasteiger partial charge in [-0.3, -0.25) is 4.79 Å². The van der Waals surface area contributed by atoms with Crippen LogP contribution in [0.25, 0.3) is 0 Å². The molecule has 0 aliphatic carbocycles. The Kier molecular flexibility index (Phi) is 6.37. The molecule has 3 nitrogen and oxygen atoms in total. The van der Waals surface area contributed by atoms with Crippen molar-refractivity contribution in [2.75, 3.05) is 6.61 Å². The summed E-state index contributed by atoms with van der Waals surface area (Å²) < 4.78 is 9.82. The van der Waals surface area contributed by atoms with E-state index in [0.717, 1.165) is 0 Å². The SMILES string of the molecule is CCOC#CC(C#C[Si](C)(C)C)OC(C)=O. The van der Waals surface area contributed by atoms with Crippen molar-refractivity contribution >= 4 is 14.0 Å². The molecule has 0 fully saturated rings. The summed E-state index contributed by atoms with van der Waals surface area (Å²) in [5.74, 6) is 5.13. The highest BCUT2D eigenvalue weighted by Gasteiger charge is 2.10. The third-order valence-corrected chi connectivity index (χ3v) is 2.16. The second kappa shape index (κ2) is 6.98. The van der Waals surface area contributed by atoms with E-state index in [0.29, 0.717) is 6.61 Å². The van der Waals surface area contributed by atoms with Gasteiger partial charge in [0.15, 0.2) is 0 Å². The molecule has 0 rings (SSSR count). The summed E-state index contributed by atoms with van der Waals surface area (Å²) in [4.78, 5) is 10.8. The number of hydrogen-bond donors (Lipinski definition) is 0. The van der Waals surface area contributed by atoms with Gasteiger partial charge >= 0.3 is 5.97 Å². The molecule has 1 unspecified atom stereocenters. The molecule has 4 heteroatoms. The normalized spacial score (nSPS) is 11.3. The van der Waals surface area contributed by atoms with Crippen molar-refractivity contribution in [1.29, 1.82) is 0 Å². The van der Waals surface area contributed by atoms with Gasteiger partial charge in [-0.2, -0.15) is 0 Å². The number of carbonyl (C=O) groups is 1. The maximum atomic E-state index is 10.8. The molecule has 1 atom stereocenters. The summed E-state index contributed by atoms with van der Waals surface area (Å²) in [6, 6.07) is 0. The van der Waals surface area contributed by atoms with E-state index in [1.807, 2.05) is 6.92 Å². The summed E-state index contributed by atoms with van der Waals surface area (Å²) in [6.45, 7) is 10.0. The zero-order chi connectivity index (χ0) is 12.6. The fraction of sp³-hybridized carbons (Fsp3) is 0.583. The molecule has 0 radical (unpaired) electrons. The quantitative estimate of drug-likeness (QED) is 0.418. The van der Waals surface area contributed by atoms with Gasteiger partial charge in [-0.15, -0.1) is 5.54 Å². The van der Waals surface area contributed by atoms with Gasteiger partial charge in [0.2, 0.25) is 6.10 Å². The van der Waals surface area contributed by atoms with Gasteiger partial charge in [0, 0.05) is 6.92 Å². The maximum absolute atomic E-state index is 10.8. The van der Waals surface area contributed by atoms with Crippen LogP contribution >= 0.6 is 0 Å². The van der Waals surface area contributed by atoms with Crippen molar-refractivity contribution in [3.05, 3.63) is 0 Å². The maximum Gasteiger partial charge on any atom is 0.304 e. The molecule has 0 spiro atoms. The van der Waals surface area contributed by atoms with E-state index < -0.39 is 14.2 Å². The Bertz CT molecular complexity index is 346. The molecule has 0 saturated heterocycles. The Balaban J connectivity index is 4.61. The largest absolute Gasteiger partial charge is 0.447 e. The minimum Gasteiger partial charge on any atom is -0.447 e. The smallest absolute Gasteiger partial charge is 0.304 e. The number of carbonyl (C=O) groups excluding carboxylic acids is 1. The summed E-state index contributed by atoms with van der Waals surface area (Å²) in [5.41, 5.74) is 3.11. The lowest BCUT2D eigenvalue weighted by molar-refractivity contribution is -0.141. The molecule has 0 aliphatic rings. The lowest BCUT2D eigenvalue weighted by atomic mass is 10.4. The van der Waals surface area contributed by atoms with E-state index in [1.54, 1.807) is 0 Å². The minimum atomic E-state index is -1.48. The van der Waals surface area contributed by atoms with Crippen molar-refractivity contribution in [3.8, 4) is 23.5 Å². The molecule has 0 aliphatic heterocycles. The standard InChI is InChI=1S/C12H18O3Si/c1-6-14-9-7-12(15-11(2)13)8-10-16(3,4)5/h12H,6H2,1-5H3. The first-order valence-corrected chi connectivity index (χ1v) is 8.67. The minimum absolute atomic E-state index is 0.388. The van der Waals surface area contributed by atoms with Gasteiger partial charge < -0.3 is 9.47 Å². The summed E-state index contributed by atoms with van der Waals surface area (Å²) in [7, 11) is -1.48. The van der Waals surface area contributed by atoms with Crippen LogP contribution in [0.15, 0.2) is 0 Å². The first-order chi connectivity index (χ1) is 7.35. The molecule has 0 heterocycles. The molecule has 0 aromatic rings. The van der Waals surface area contributed by atoms with Crippen LogP contribution in [-0.4, -0.2) is 26.8 Å². The lowest BCUT2D eigenvalue weighted by Crippen LogP contribution is -2.19. The number of ether oxygens (including phenoxy) is 2. The lowest BCUT2D eigenvalue weighted by Gasteiger charge is -2.06. The topological polar surface area (TPSA) is 35.5 Å². The van der Waals surface area contributed by atoms with Gasteiger partial charge in [-0.1, -0.05) is 25.6 Å². The van der Waals surface area contributed by atoms with Gasteiger partial charge in [0.25, 0.3) is 0 Å². The molecule has 0 saturated carbocycles. The average molecular weight is 238 g/mol. The molecule has 88 valence electrons. The van der Waals surface area contributed by atoms with Crippen molar-refractivity contribution in [2.24, 2.45) is 0 Å². The predicted octanol–water partition coefficient (Wildman–Crippen LogP) is 1.80. The van der Waals surface area contributed by atoms with Crippen LogP contribution in [0.2, 0.25) is 19.6 Å². The van der Waals surface area contributed by atoms with Crippen LogP contribution in [0.5, 0.6) is 0 Å². The van der Waals surface area contributed by atoms with Gasteiger partial charge in [0.1, 0.15) is 14.2 Å². The van der Waals surface area contributed by atoms with Crippen LogP contribution in [0.4, 0.5) is 0 Å². The van der Waals surface area contributed by atoms with Crippen LogP contribution in [0.3, 0.4) is 0 Å². The predicted molar refractivity (Wildman–Crippen MR) is 66.1 cm³/mol. The zero-order valence-electron chi connectivity index (χ0n) is 10.5. The molecule has 16 heavy (non-hydrogen) atoms. The molecule has 0 amide bonds. The Hall–Kier alpha value is -1.39. The van der Waals surface area contributed by atoms with Crippen molar-refractivity contribution in [3.63, 3.8) is 0 Å². The van der Waals surface area contributed by atoms with E-state index in [2.05, 4.69) is 43.1 Å². The van der Waals surface area contributed by atoms with Crippen LogP contribution in [0.1, 0.15) is 13.8 Å². The van der Waals surface area contributed by atoms with Gasteiger partial charge in [-0.05, 0) is 12.8 Å². The van der Waals surface area contributed by atoms with Crippen molar-refractivity contribution < 1.29 is 14.3 Å². The highest BCUT2D eigenvalue weighted by atomic mass is 28.3. The molecular weight excluding hydrogens is 220 g/mol. The van der Waals surface area contributed by atoms with E-state index in [4.69, 9.17) is 9.47 Å². The van der Waals surface area contributed by atoms with E-state index in [-0.39, 0.29) is 5.97 Å². The Morgan fingerprint density at radius 3 is 2.38 bits per heavy atom. The summed E-state index contributed by atoms with van der Waals surface area (Å²) in [5, 5.41) is 0. The van der Waals surface area contributed by atoms with Crippen molar-refractivity contribution in [1.82, 2.24) is 0 Å². The van der Waals surface area contributed by atoms with E-state index in [1.165, 1.54) is 6.92 Å². The second-order valence-electron chi connectivity index (χ2n) is 4.19. The number of hydrogen-bond acceptors (Lipinski definition) is 3. The third-order valence-electron chi connectivity index (χ3n) is 1.27. The highest BCUT2D eigenvalue weighted by Crippen LogP contribution is 1.98. The van der Waals surface area contributed by atoms with Crippen LogP contribution < -0.4 is 0 Å².